The highest BCUT2D eigenvalue weighted by molar-refractivity contribution is 5.61. The Morgan fingerprint density at radius 2 is 1.18 bits per heavy atom. The molecule has 5 aromatic rings. The van der Waals surface area contributed by atoms with Gasteiger partial charge < -0.3 is 5.11 Å². The van der Waals surface area contributed by atoms with Crippen molar-refractivity contribution in [3.63, 3.8) is 0 Å². The van der Waals surface area contributed by atoms with Gasteiger partial charge in [0.25, 0.3) is 0 Å². The highest BCUT2D eigenvalue weighted by atomic mass is 16.3. The minimum Gasteiger partial charge on any atom is -0.378 e. The Morgan fingerprint density at radius 1 is 0.706 bits per heavy atom. The van der Waals surface area contributed by atoms with Crippen LogP contribution in [0, 0.1) is 6.92 Å². The van der Waals surface area contributed by atoms with E-state index in [1.54, 1.807) is 0 Å². The van der Waals surface area contributed by atoms with Crippen LogP contribution in [0.5, 0.6) is 0 Å². The lowest BCUT2D eigenvalue weighted by molar-refractivity contribution is 0.0153. The molecule has 0 unspecified atom stereocenters. The molecule has 4 nitrogen and oxygen atoms in total. The molecule has 0 radical (unpaired) electrons. The van der Waals surface area contributed by atoms with Gasteiger partial charge in [0.05, 0.1) is 11.7 Å². The van der Waals surface area contributed by atoms with Crippen molar-refractivity contribution in [3.8, 4) is 11.3 Å². The Bertz CT molecular complexity index is 1290. The average molecular weight is 446 g/mol. The van der Waals surface area contributed by atoms with Crippen molar-refractivity contribution in [3.05, 3.63) is 144 Å². The third-order valence-electron chi connectivity index (χ3n) is 6.45. The topological polar surface area (TPSA) is 50.9 Å². The summed E-state index contributed by atoms with van der Waals surface area (Å²) in [5, 5.41) is 21.8. The van der Waals surface area contributed by atoms with E-state index in [0.717, 1.165) is 33.6 Å². The molecular weight excluding hydrogens is 418 g/mol. The summed E-state index contributed by atoms with van der Waals surface area (Å²) >= 11 is 0. The van der Waals surface area contributed by atoms with E-state index >= 15 is 0 Å². The van der Waals surface area contributed by atoms with Crippen LogP contribution in [-0.4, -0.2) is 20.1 Å². The Kier molecular flexibility index (Phi) is 6.07. The molecule has 0 amide bonds. The van der Waals surface area contributed by atoms with Gasteiger partial charge in [0.1, 0.15) is 11.3 Å². The summed E-state index contributed by atoms with van der Waals surface area (Å²) in [5.74, 6) is 0. The molecule has 1 heterocycles. The molecule has 0 fully saturated rings. The molecule has 5 rings (SSSR count). The molecule has 168 valence electrons. The molecule has 0 aliphatic heterocycles. The molecule has 0 aliphatic carbocycles. The molecule has 1 atom stereocenters. The Hall–Kier alpha value is -4.02. The molecule has 1 N–H and O–H groups in total. The van der Waals surface area contributed by atoms with Crippen LogP contribution in [-0.2, 0) is 12.0 Å². The minimum absolute atomic E-state index is 0.426. The molecule has 4 aromatic carbocycles. The number of aliphatic hydroxyl groups is 1. The van der Waals surface area contributed by atoms with Crippen LogP contribution in [0.4, 0.5) is 0 Å². The van der Waals surface area contributed by atoms with E-state index in [2.05, 4.69) is 22.4 Å². The van der Waals surface area contributed by atoms with Crippen molar-refractivity contribution in [2.24, 2.45) is 0 Å². The molecule has 0 aliphatic rings. The fourth-order valence-corrected chi connectivity index (χ4v) is 4.68. The zero-order valence-electron chi connectivity index (χ0n) is 19.1. The number of nitrogens with zero attached hydrogens (tertiary/aromatic N) is 3. The predicted octanol–water partition coefficient (Wildman–Crippen LogP) is 5.97. The second-order valence-electron chi connectivity index (χ2n) is 8.54. The first-order valence-corrected chi connectivity index (χ1v) is 11.5. The van der Waals surface area contributed by atoms with Gasteiger partial charge in [0, 0.05) is 5.56 Å². The van der Waals surface area contributed by atoms with Crippen LogP contribution in [0.2, 0.25) is 0 Å². The first-order valence-electron chi connectivity index (χ1n) is 11.5. The van der Waals surface area contributed by atoms with Gasteiger partial charge in [-0.1, -0.05) is 127 Å². The molecule has 0 saturated heterocycles. The van der Waals surface area contributed by atoms with Crippen LogP contribution in [0.1, 0.15) is 28.4 Å². The number of hydrogen-bond acceptors (Lipinski definition) is 3. The number of hydrogen-bond donors (Lipinski definition) is 1. The molecule has 0 saturated carbocycles. The van der Waals surface area contributed by atoms with Crippen molar-refractivity contribution < 1.29 is 5.11 Å². The van der Waals surface area contributed by atoms with Gasteiger partial charge in [0.2, 0.25) is 0 Å². The highest BCUT2D eigenvalue weighted by Crippen LogP contribution is 2.42. The first kappa shape index (κ1) is 21.8. The summed E-state index contributed by atoms with van der Waals surface area (Å²) in [6.45, 7) is 2.02. The van der Waals surface area contributed by atoms with Crippen molar-refractivity contribution >= 4 is 0 Å². The van der Waals surface area contributed by atoms with E-state index in [9.17, 15) is 5.11 Å². The second kappa shape index (κ2) is 9.46. The Morgan fingerprint density at radius 3 is 1.71 bits per heavy atom. The maximum absolute atomic E-state index is 12.6. The predicted molar refractivity (Wildman–Crippen MR) is 135 cm³/mol. The van der Waals surface area contributed by atoms with Crippen molar-refractivity contribution in [1.29, 1.82) is 0 Å². The lowest BCUT2D eigenvalue weighted by atomic mass is 9.77. The maximum atomic E-state index is 12.6. The molecule has 0 spiro atoms. The van der Waals surface area contributed by atoms with Crippen LogP contribution in [0.3, 0.4) is 0 Å². The van der Waals surface area contributed by atoms with Gasteiger partial charge in [-0.2, -0.15) is 0 Å². The van der Waals surface area contributed by atoms with Gasteiger partial charge in [-0.3, -0.25) is 0 Å². The average Bonchev–Trinajstić information content (AvgIpc) is 3.29. The normalized spacial score (nSPS) is 12.4. The molecule has 4 heteroatoms. The van der Waals surface area contributed by atoms with Crippen LogP contribution in [0.15, 0.2) is 121 Å². The third kappa shape index (κ3) is 4.04. The van der Waals surface area contributed by atoms with Gasteiger partial charge >= 0.3 is 0 Å². The van der Waals surface area contributed by atoms with Crippen molar-refractivity contribution in [1.82, 2.24) is 15.0 Å². The van der Waals surface area contributed by atoms with E-state index < -0.39 is 11.6 Å². The van der Waals surface area contributed by atoms with Gasteiger partial charge in [-0.05, 0) is 30.0 Å². The Balaban J connectivity index is 1.72. The van der Waals surface area contributed by atoms with Crippen molar-refractivity contribution in [2.75, 3.05) is 0 Å². The molecule has 1 aromatic heterocycles. The number of aromatic nitrogens is 3. The summed E-state index contributed by atoms with van der Waals surface area (Å²) in [5.41, 5.74) is 4.17. The van der Waals surface area contributed by atoms with Crippen LogP contribution >= 0.6 is 0 Å². The monoisotopic (exact) mass is 445 g/mol. The minimum atomic E-state index is -1.33. The lowest BCUT2D eigenvalue weighted by Crippen LogP contribution is -2.40. The SMILES string of the molecule is Cc1c(-c2ccccc2)nnn1[C@@H](Cc1ccccc1)C(O)(c1ccccc1)c1ccccc1. The Labute approximate surface area is 200 Å². The standard InChI is InChI=1S/C30H27N3O/c1-23-29(25-16-8-3-9-17-25)31-32-33(23)28(22-24-14-6-2-7-15-24)30(34,26-18-10-4-11-19-26)27-20-12-5-13-21-27/h2-21,28,34H,22H2,1H3/t28-/m0/s1. The van der Waals surface area contributed by atoms with Crippen LogP contribution < -0.4 is 0 Å². The van der Waals surface area contributed by atoms with E-state index in [0.29, 0.717) is 6.42 Å². The fourth-order valence-electron chi connectivity index (χ4n) is 4.68. The van der Waals surface area contributed by atoms with Crippen molar-refractivity contribution in [2.45, 2.75) is 25.0 Å². The van der Waals surface area contributed by atoms with E-state index in [1.807, 2.05) is 121 Å². The second-order valence-corrected chi connectivity index (χ2v) is 8.54. The third-order valence-corrected chi connectivity index (χ3v) is 6.45. The van der Waals surface area contributed by atoms with E-state index in [1.165, 1.54) is 0 Å². The molecule has 34 heavy (non-hydrogen) atoms. The zero-order valence-corrected chi connectivity index (χ0v) is 19.1. The zero-order chi connectivity index (χ0) is 23.4. The van der Waals surface area contributed by atoms with Gasteiger partial charge in [-0.15, -0.1) is 5.10 Å². The summed E-state index contributed by atoms with van der Waals surface area (Å²) in [6, 6.07) is 39.6. The smallest absolute Gasteiger partial charge is 0.137 e. The number of benzene rings is 4. The van der Waals surface area contributed by atoms with Gasteiger partial charge in [-0.25, -0.2) is 4.68 Å². The molecular formula is C30H27N3O. The summed E-state index contributed by atoms with van der Waals surface area (Å²) in [7, 11) is 0. The number of rotatable bonds is 7. The quantitative estimate of drug-likeness (QED) is 0.336. The summed E-state index contributed by atoms with van der Waals surface area (Å²) in [4.78, 5) is 0. The fraction of sp³-hybridized carbons (Fsp3) is 0.133. The van der Waals surface area contributed by atoms with Gasteiger partial charge in [0.15, 0.2) is 0 Å². The largest absolute Gasteiger partial charge is 0.378 e. The summed E-state index contributed by atoms with van der Waals surface area (Å²) in [6.07, 6.45) is 0.583. The first-order chi connectivity index (χ1) is 16.7. The maximum Gasteiger partial charge on any atom is 0.137 e. The molecule has 0 bridgehead atoms. The van der Waals surface area contributed by atoms with Crippen LogP contribution in [0.25, 0.3) is 11.3 Å². The highest BCUT2D eigenvalue weighted by Gasteiger charge is 2.43. The summed E-state index contributed by atoms with van der Waals surface area (Å²) < 4.78 is 1.90. The van der Waals surface area contributed by atoms with E-state index in [4.69, 9.17) is 0 Å². The lowest BCUT2D eigenvalue weighted by Gasteiger charge is -2.38. The van der Waals surface area contributed by atoms with E-state index in [-0.39, 0.29) is 0 Å².